The molecular formula is C8H12F2N2O2. The molecule has 14 heavy (non-hydrogen) atoms. The minimum atomic E-state index is -3.34. The van der Waals surface area contributed by atoms with Crippen LogP contribution < -0.4 is 9.67 Å². The molecular weight excluding hydrogens is 194 g/mol. The molecule has 0 aliphatic heterocycles. The fourth-order valence-electron chi connectivity index (χ4n) is 0.689. The molecule has 0 N–H and O–H groups in total. The average Bonchev–Trinajstić information content (AvgIpc) is 2.52. The molecule has 0 aliphatic rings. The van der Waals surface area contributed by atoms with Gasteiger partial charge in [-0.25, -0.2) is 17.9 Å². The summed E-state index contributed by atoms with van der Waals surface area (Å²) >= 11 is 0. The molecule has 0 atom stereocenters. The first-order chi connectivity index (χ1) is 6.47. The van der Waals surface area contributed by atoms with Gasteiger partial charge in [-0.05, 0) is 6.92 Å². The van der Waals surface area contributed by atoms with E-state index in [4.69, 9.17) is 9.90 Å². The van der Waals surface area contributed by atoms with Gasteiger partial charge in [0, 0.05) is 0 Å². The molecule has 1 aromatic heterocycles. The summed E-state index contributed by atoms with van der Waals surface area (Å²) in [6.45, 7) is 3.18. The number of hydrogen-bond acceptors (Lipinski definition) is 2. The molecule has 0 radical (unpaired) electrons. The van der Waals surface area contributed by atoms with Gasteiger partial charge in [-0.1, -0.05) is 0 Å². The fraction of sp³-hybridized carbons (Fsp3) is 0.500. The molecule has 1 heterocycles. The number of aromatic nitrogens is 2. The van der Waals surface area contributed by atoms with E-state index in [1.807, 2.05) is 17.8 Å². The molecule has 0 spiro atoms. The van der Waals surface area contributed by atoms with Crippen LogP contribution in [0.2, 0.25) is 0 Å². The normalized spacial score (nSPS) is 9.50. The third-order valence-electron chi connectivity index (χ3n) is 1.37. The Hall–Kier alpha value is -1.46. The molecule has 0 fully saturated rings. The van der Waals surface area contributed by atoms with Crippen molar-refractivity contribution in [3.8, 4) is 0 Å². The number of carboxylic acid groups (broad SMARTS) is 1. The quantitative estimate of drug-likeness (QED) is 0.603. The van der Waals surface area contributed by atoms with Crippen molar-refractivity contribution in [1.29, 1.82) is 0 Å². The molecule has 0 amide bonds. The SMILES string of the molecule is CCn1cc[n+](C)c1.O=C([O-])C(F)F. The lowest BCUT2D eigenvalue weighted by Crippen LogP contribution is -2.29. The van der Waals surface area contributed by atoms with E-state index in [-0.39, 0.29) is 0 Å². The Labute approximate surface area is 80.4 Å². The summed E-state index contributed by atoms with van der Waals surface area (Å²) in [6.07, 6.45) is 2.80. The maximum Gasteiger partial charge on any atom is 0.277 e. The van der Waals surface area contributed by atoms with E-state index in [0.717, 1.165) is 6.54 Å². The molecule has 1 rings (SSSR count). The summed E-state index contributed by atoms with van der Waals surface area (Å²) in [6, 6.07) is 0. The number of halogens is 2. The zero-order valence-corrected chi connectivity index (χ0v) is 7.98. The zero-order chi connectivity index (χ0) is 11.1. The minimum absolute atomic E-state index is 1.06. The summed E-state index contributed by atoms with van der Waals surface area (Å²) in [5, 5.41) is 8.84. The van der Waals surface area contributed by atoms with Crippen LogP contribution in [0, 0.1) is 0 Å². The van der Waals surface area contributed by atoms with Gasteiger partial charge in [0.2, 0.25) is 6.33 Å². The molecule has 1 aromatic rings. The van der Waals surface area contributed by atoms with Crippen molar-refractivity contribution < 1.29 is 23.2 Å². The smallest absolute Gasteiger partial charge is 0.277 e. The predicted molar refractivity (Wildman–Crippen MR) is 42.3 cm³/mol. The van der Waals surface area contributed by atoms with E-state index >= 15 is 0 Å². The Balaban J connectivity index is 0.000000255. The van der Waals surface area contributed by atoms with Crippen LogP contribution in [0.3, 0.4) is 0 Å². The average molecular weight is 206 g/mol. The Morgan fingerprint density at radius 1 is 1.64 bits per heavy atom. The second kappa shape index (κ2) is 6.06. The Kier molecular flexibility index (Phi) is 5.43. The highest BCUT2D eigenvalue weighted by molar-refractivity contribution is 5.67. The van der Waals surface area contributed by atoms with Gasteiger partial charge in [-0.2, -0.15) is 0 Å². The molecule has 0 unspecified atom stereocenters. The number of imidazole rings is 1. The lowest BCUT2D eigenvalue weighted by Gasteiger charge is -1.93. The lowest BCUT2D eigenvalue weighted by atomic mass is 10.7. The molecule has 80 valence electrons. The number of aryl methyl sites for hydroxylation is 2. The van der Waals surface area contributed by atoms with Gasteiger partial charge < -0.3 is 9.90 Å². The number of carbonyl (C=O) groups is 1. The van der Waals surface area contributed by atoms with Gasteiger partial charge in [0.15, 0.2) is 0 Å². The molecule has 0 aromatic carbocycles. The molecule has 0 bridgehead atoms. The number of alkyl halides is 2. The van der Waals surface area contributed by atoms with Crippen LogP contribution in [0.25, 0.3) is 0 Å². The van der Waals surface area contributed by atoms with Crippen molar-refractivity contribution >= 4 is 5.97 Å². The molecule has 6 heteroatoms. The highest BCUT2D eigenvalue weighted by Crippen LogP contribution is 1.85. The van der Waals surface area contributed by atoms with E-state index in [9.17, 15) is 8.78 Å². The van der Waals surface area contributed by atoms with E-state index in [1.54, 1.807) is 0 Å². The highest BCUT2D eigenvalue weighted by atomic mass is 19.3. The number of nitrogens with zero attached hydrogens (tertiary/aromatic N) is 2. The van der Waals surface area contributed by atoms with Gasteiger partial charge in [-0.3, -0.25) is 0 Å². The van der Waals surface area contributed by atoms with Crippen LogP contribution in [0.4, 0.5) is 8.78 Å². The molecule has 0 saturated carbocycles. The van der Waals surface area contributed by atoms with Gasteiger partial charge in [0.05, 0.1) is 13.6 Å². The summed E-state index contributed by atoms with van der Waals surface area (Å²) in [4.78, 5) is 8.84. The fourth-order valence-corrected chi connectivity index (χ4v) is 0.689. The minimum Gasteiger partial charge on any atom is -0.544 e. The summed E-state index contributed by atoms with van der Waals surface area (Å²) < 4.78 is 25.1. The van der Waals surface area contributed by atoms with Crippen LogP contribution in [-0.2, 0) is 18.4 Å². The van der Waals surface area contributed by atoms with Crippen LogP contribution in [0.1, 0.15) is 6.92 Å². The number of carbonyl (C=O) groups excluding carboxylic acids is 1. The summed E-state index contributed by atoms with van der Waals surface area (Å²) in [5.74, 6) is -2.32. The van der Waals surface area contributed by atoms with Gasteiger partial charge >= 0.3 is 0 Å². The largest absolute Gasteiger partial charge is 0.544 e. The Morgan fingerprint density at radius 2 is 2.14 bits per heavy atom. The number of hydrogen-bond donors (Lipinski definition) is 0. The Bertz CT molecular complexity index is 287. The summed E-state index contributed by atoms with van der Waals surface area (Å²) in [5.41, 5.74) is 0. The van der Waals surface area contributed by atoms with E-state index in [2.05, 4.69) is 24.0 Å². The van der Waals surface area contributed by atoms with Crippen molar-refractivity contribution in [1.82, 2.24) is 4.57 Å². The van der Waals surface area contributed by atoms with Gasteiger partial charge in [0.25, 0.3) is 6.43 Å². The van der Waals surface area contributed by atoms with E-state index in [0.29, 0.717) is 0 Å². The third-order valence-corrected chi connectivity index (χ3v) is 1.37. The van der Waals surface area contributed by atoms with Crippen LogP contribution in [0.15, 0.2) is 18.7 Å². The van der Waals surface area contributed by atoms with Crippen LogP contribution in [0.5, 0.6) is 0 Å². The number of carboxylic acids is 1. The van der Waals surface area contributed by atoms with Crippen molar-refractivity contribution in [2.24, 2.45) is 7.05 Å². The van der Waals surface area contributed by atoms with Gasteiger partial charge in [0.1, 0.15) is 18.4 Å². The second-order valence-electron chi connectivity index (χ2n) is 2.53. The van der Waals surface area contributed by atoms with Crippen molar-refractivity contribution in [3.63, 3.8) is 0 Å². The molecule has 0 saturated heterocycles. The van der Waals surface area contributed by atoms with E-state index in [1.165, 1.54) is 0 Å². The first-order valence-corrected chi connectivity index (χ1v) is 3.97. The molecule has 4 nitrogen and oxygen atoms in total. The number of rotatable bonds is 2. The zero-order valence-electron chi connectivity index (χ0n) is 7.98. The summed E-state index contributed by atoms with van der Waals surface area (Å²) in [7, 11) is 2.02. The maximum atomic E-state index is 10.5. The van der Waals surface area contributed by atoms with Gasteiger partial charge in [-0.15, -0.1) is 0 Å². The predicted octanol–water partition coefficient (Wildman–Crippen LogP) is -0.666. The van der Waals surface area contributed by atoms with Crippen molar-refractivity contribution in [3.05, 3.63) is 18.7 Å². The molecule has 0 aliphatic carbocycles. The Morgan fingerprint density at radius 3 is 2.29 bits per heavy atom. The van der Waals surface area contributed by atoms with Crippen LogP contribution in [-0.4, -0.2) is 17.0 Å². The first kappa shape index (κ1) is 12.5. The first-order valence-electron chi connectivity index (χ1n) is 3.97. The lowest BCUT2D eigenvalue weighted by molar-refractivity contribution is -0.671. The highest BCUT2D eigenvalue weighted by Gasteiger charge is 1.98. The van der Waals surface area contributed by atoms with Crippen LogP contribution >= 0.6 is 0 Å². The second-order valence-corrected chi connectivity index (χ2v) is 2.53. The van der Waals surface area contributed by atoms with Crippen molar-refractivity contribution in [2.45, 2.75) is 19.9 Å². The maximum absolute atomic E-state index is 10.5. The monoisotopic (exact) mass is 206 g/mol. The van der Waals surface area contributed by atoms with Crippen molar-refractivity contribution in [2.75, 3.05) is 0 Å². The van der Waals surface area contributed by atoms with E-state index < -0.39 is 12.4 Å². The topological polar surface area (TPSA) is 48.9 Å². The number of aliphatic carboxylic acids is 1. The third kappa shape index (κ3) is 5.23. The standard InChI is InChI=1S/C6H11N2.C2H2F2O2/c1-3-8-5-4-7(2)6-8;3-1(4)2(5)6/h4-6H,3H2,1-2H3;1H,(H,5,6)/q+1;/p-1.